The van der Waals surface area contributed by atoms with Gasteiger partial charge in [-0.15, -0.1) is 0 Å². The molecule has 3 aromatic rings. The summed E-state index contributed by atoms with van der Waals surface area (Å²) in [6, 6.07) is 19.9. The molecule has 0 unspecified atom stereocenters. The van der Waals surface area contributed by atoms with Crippen molar-refractivity contribution in [3.05, 3.63) is 83.7 Å². The molecule has 0 radical (unpaired) electrons. The summed E-state index contributed by atoms with van der Waals surface area (Å²) in [4.78, 5) is 14.0. The molecule has 0 aliphatic carbocycles. The molecule has 0 saturated heterocycles. The maximum atomic E-state index is 6.11. The fourth-order valence-electron chi connectivity index (χ4n) is 2.39. The summed E-state index contributed by atoms with van der Waals surface area (Å²) in [7, 11) is 0. The van der Waals surface area contributed by atoms with E-state index in [1.165, 1.54) is 0 Å². The number of hydrogen-bond acceptors (Lipinski definition) is 3. The normalized spacial score (nSPS) is 12.3. The second-order valence-electron chi connectivity index (χ2n) is 5.86. The van der Waals surface area contributed by atoms with Gasteiger partial charge in [-0.25, -0.2) is 15.0 Å². The highest BCUT2D eigenvalue weighted by molar-refractivity contribution is 6.29. The van der Waals surface area contributed by atoms with E-state index in [1.54, 1.807) is 0 Å². The molecule has 0 saturated carbocycles. The van der Waals surface area contributed by atoms with Crippen LogP contribution in [0.2, 0.25) is 0 Å². The zero-order valence-corrected chi connectivity index (χ0v) is 15.6. The number of rotatable bonds is 5. The van der Waals surface area contributed by atoms with Gasteiger partial charge in [-0.2, -0.15) is 0 Å². The lowest BCUT2D eigenvalue weighted by atomic mass is 10.1. The van der Waals surface area contributed by atoms with E-state index >= 15 is 0 Å². The van der Waals surface area contributed by atoms with Crippen LogP contribution in [0.1, 0.15) is 26.1 Å². The zero-order chi connectivity index (χ0) is 18.4. The minimum atomic E-state index is 0.648. The van der Waals surface area contributed by atoms with Gasteiger partial charge in [0.2, 0.25) is 0 Å². The third-order valence-electron chi connectivity index (χ3n) is 3.90. The van der Waals surface area contributed by atoms with E-state index in [-0.39, 0.29) is 0 Å². The minimum Gasteiger partial charge on any atom is -0.209 e. The van der Waals surface area contributed by atoms with Crippen molar-refractivity contribution < 1.29 is 0 Å². The van der Waals surface area contributed by atoms with Crippen molar-refractivity contribution in [2.75, 3.05) is 0 Å². The van der Waals surface area contributed by atoms with Crippen LogP contribution in [0, 0.1) is 0 Å². The largest absolute Gasteiger partial charge is 0.209 e. The molecule has 3 nitrogen and oxygen atoms in total. The van der Waals surface area contributed by atoms with E-state index in [0.29, 0.717) is 17.5 Å². The number of hydrogen-bond donors (Lipinski definition) is 0. The number of nitrogens with zero attached hydrogens (tertiary/aromatic N) is 3. The Kier molecular flexibility index (Phi) is 5.92. The Balaban J connectivity index is 2.12. The zero-order valence-electron chi connectivity index (χ0n) is 14.9. The molecule has 0 atom stereocenters. The second kappa shape index (κ2) is 8.54. The van der Waals surface area contributed by atoms with Crippen LogP contribution in [0.3, 0.4) is 0 Å². The highest BCUT2D eigenvalue weighted by atomic mass is 35.5. The van der Waals surface area contributed by atoms with Gasteiger partial charge in [-0.05, 0) is 25.0 Å². The monoisotopic (exact) mass is 361 g/mol. The van der Waals surface area contributed by atoms with Crippen LogP contribution in [-0.2, 0) is 0 Å². The average molecular weight is 362 g/mol. The molecule has 0 amide bonds. The predicted molar refractivity (Wildman–Crippen MR) is 109 cm³/mol. The second-order valence-corrected chi connectivity index (χ2v) is 6.34. The smallest absolute Gasteiger partial charge is 0.164 e. The molecule has 26 heavy (non-hydrogen) atoms. The molecule has 0 aliphatic rings. The summed E-state index contributed by atoms with van der Waals surface area (Å²) in [5.74, 6) is 1.97. The van der Waals surface area contributed by atoms with E-state index in [1.807, 2.05) is 86.7 Å². The van der Waals surface area contributed by atoms with Gasteiger partial charge in [-0.3, -0.25) is 0 Å². The molecule has 1 aromatic heterocycles. The molecule has 2 aromatic carbocycles. The van der Waals surface area contributed by atoms with Crippen molar-refractivity contribution in [2.24, 2.45) is 0 Å². The molecule has 0 N–H and O–H groups in total. The van der Waals surface area contributed by atoms with Crippen LogP contribution >= 0.6 is 11.6 Å². The van der Waals surface area contributed by atoms with Crippen molar-refractivity contribution in [3.8, 4) is 22.8 Å². The van der Waals surface area contributed by atoms with Gasteiger partial charge in [0.1, 0.15) is 0 Å². The van der Waals surface area contributed by atoms with E-state index in [2.05, 4.69) is 15.0 Å². The fraction of sp³-hybridized carbons (Fsp3) is 0.136. The van der Waals surface area contributed by atoms with Gasteiger partial charge in [0.15, 0.2) is 17.5 Å². The first-order valence-corrected chi connectivity index (χ1v) is 8.95. The lowest BCUT2D eigenvalue weighted by Crippen LogP contribution is -2.01. The van der Waals surface area contributed by atoms with E-state index < -0.39 is 0 Å². The standard InChI is InChI=1S/C22H20ClN3/c1-3-19(23)15-14-16(2)20-24-21(17-10-6-4-7-11-17)26-22(25-20)18-12-8-5-9-13-18/h4-15H,3H2,1-2H3/b16-14+,19-15+. The molecular weight excluding hydrogens is 342 g/mol. The van der Waals surface area contributed by atoms with Crippen LogP contribution in [0.25, 0.3) is 28.3 Å². The van der Waals surface area contributed by atoms with E-state index in [4.69, 9.17) is 11.6 Å². The van der Waals surface area contributed by atoms with Crippen molar-refractivity contribution in [2.45, 2.75) is 20.3 Å². The summed E-state index contributed by atoms with van der Waals surface area (Å²) in [5, 5.41) is 0.796. The Hall–Kier alpha value is -2.78. The summed E-state index contributed by atoms with van der Waals surface area (Å²) < 4.78 is 0. The third-order valence-corrected chi connectivity index (χ3v) is 4.30. The number of halogens is 1. The summed E-state index contributed by atoms with van der Waals surface area (Å²) in [6.07, 6.45) is 4.64. The Morgan fingerprint density at radius 3 is 1.77 bits per heavy atom. The minimum absolute atomic E-state index is 0.648. The van der Waals surface area contributed by atoms with Gasteiger partial charge in [0.25, 0.3) is 0 Å². The number of benzene rings is 2. The lowest BCUT2D eigenvalue weighted by Gasteiger charge is -2.08. The number of allylic oxidation sites excluding steroid dienone is 4. The van der Waals surface area contributed by atoms with Crippen molar-refractivity contribution in [1.82, 2.24) is 15.0 Å². The Labute approximate surface area is 159 Å². The maximum absolute atomic E-state index is 6.11. The molecule has 130 valence electrons. The topological polar surface area (TPSA) is 38.7 Å². The highest BCUT2D eigenvalue weighted by Crippen LogP contribution is 2.22. The van der Waals surface area contributed by atoms with Crippen LogP contribution in [-0.4, -0.2) is 15.0 Å². The first-order chi connectivity index (χ1) is 12.7. The highest BCUT2D eigenvalue weighted by Gasteiger charge is 2.11. The lowest BCUT2D eigenvalue weighted by molar-refractivity contribution is 1.03. The molecular formula is C22H20ClN3. The molecule has 3 rings (SSSR count). The summed E-state index contributed by atoms with van der Waals surface area (Å²) in [6.45, 7) is 4.00. The molecule has 0 bridgehead atoms. The van der Waals surface area contributed by atoms with Crippen LogP contribution in [0.4, 0.5) is 0 Å². The molecule has 1 heterocycles. The van der Waals surface area contributed by atoms with Crippen LogP contribution in [0.5, 0.6) is 0 Å². The Morgan fingerprint density at radius 1 is 0.808 bits per heavy atom. The van der Waals surface area contributed by atoms with E-state index in [9.17, 15) is 0 Å². The Morgan fingerprint density at radius 2 is 1.31 bits per heavy atom. The summed E-state index contributed by atoms with van der Waals surface area (Å²) in [5.41, 5.74) is 2.86. The van der Waals surface area contributed by atoms with Crippen molar-refractivity contribution >= 4 is 17.2 Å². The van der Waals surface area contributed by atoms with Crippen LogP contribution in [0.15, 0.2) is 77.8 Å². The van der Waals surface area contributed by atoms with Gasteiger partial charge in [-0.1, -0.05) is 85.3 Å². The Bertz CT molecular complexity index is 874. The van der Waals surface area contributed by atoms with Crippen molar-refractivity contribution in [3.63, 3.8) is 0 Å². The molecule has 4 heteroatoms. The average Bonchev–Trinajstić information content (AvgIpc) is 2.72. The van der Waals surface area contributed by atoms with Gasteiger partial charge < -0.3 is 0 Å². The van der Waals surface area contributed by atoms with E-state index in [0.717, 1.165) is 28.2 Å². The van der Waals surface area contributed by atoms with Gasteiger partial charge in [0, 0.05) is 16.2 Å². The maximum Gasteiger partial charge on any atom is 0.164 e. The molecule has 0 fully saturated rings. The first kappa shape index (κ1) is 18.0. The third kappa shape index (κ3) is 4.44. The molecule has 0 aliphatic heterocycles. The predicted octanol–water partition coefficient (Wildman–Crippen LogP) is 6.14. The number of aromatic nitrogens is 3. The molecule has 0 spiro atoms. The van der Waals surface area contributed by atoms with Crippen LogP contribution < -0.4 is 0 Å². The SMILES string of the molecule is CC/C(Cl)=C\C=C(/C)c1nc(-c2ccccc2)nc(-c2ccccc2)n1. The van der Waals surface area contributed by atoms with Crippen molar-refractivity contribution in [1.29, 1.82) is 0 Å². The first-order valence-electron chi connectivity index (χ1n) is 8.57. The van der Waals surface area contributed by atoms with Gasteiger partial charge >= 0.3 is 0 Å². The summed E-state index contributed by atoms with van der Waals surface area (Å²) >= 11 is 6.11. The fourth-order valence-corrected chi connectivity index (χ4v) is 2.46. The van der Waals surface area contributed by atoms with Gasteiger partial charge in [0.05, 0.1) is 0 Å². The quantitative estimate of drug-likeness (QED) is 0.512.